The van der Waals surface area contributed by atoms with E-state index in [0.717, 1.165) is 0 Å². The molecule has 0 aliphatic rings. The van der Waals surface area contributed by atoms with Crippen molar-refractivity contribution < 1.29 is 27.4 Å². The molecule has 8 nitrogen and oxygen atoms in total. The molecular formula is C22H30N2O6S. The molecule has 0 aromatic heterocycles. The quantitative estimate of drug-likeness (QED) is 0.532. The van der Waals surface area contributed by atoms with E-state index >= 15 is 0 Å². The van der Waals surface area contributed by atoms with Gasteiger partial charge in [0.05, 0.1) is 23.8 Å². The number of hydrogen-bond donors (Lipinski definition) is 1. The number of nitrogens with one attached hydrogen (secondary N) is 1. The van der Waals surface area contributed by atoms with Crippen molar-refractivity contribution in [1.29, 1.82) is 0 Å². The number of carbonyl (C=O) groups excluding carboxylic acids is 1. The maximum atomic E-state index is 12.8. The van der Waals surface area contributed by atoms with Crippen LogP contribution in [0.2, 0.25) is 0 Å². The van der Waals surface area contributed by atoms with Gasteiger partial charge in [-0.2, -0.15) is 4.31 Å². The zero-order chi connectivity index (χ0) is 22.9. The van der Waals surface area contributed by atoms with E-state index in [-0.39, 0.29) is 17.2 Å². The van der Waals surface area contributed by atoms with Gasteiger partial charge in [0.25, 0.3) is 5.91 Å². The number of amides is 1. The topological polar surface area (TPSA) is 94.2 Å². The van der Waals surface area contributed by atoms with E-state index in [9.17, 15) is 13.2 Å². The highest BCUT2D eigenvalue weighted by Gasteiger charge is 2.23. The first-order valence-corrected chi connectivity index (χ1v) is 11.7. The predicted octanol–water partition coefficient (Wildman–Crippen LogP) is 3.53. The molecule has 9 heteroatoms. The van der Waals surface area contributed by atoms with Crippen LogP contribution in [0.3, 0.4) is 0 Å². The lowest BCUT2D eigenvalue weighted by molar-refractivity contribution is -0.118. The summed E-state index contributed by atoms with van der Waals surface area (Å²) in [6.45, 7) is 8.47. The van der Waals surface area contributed by atoms with Crippen LogP contribution in [0, 0.1) is 0 Å². The molecule has 0 aliphatic heterocycles. The summed E-state index contributed by atoms with van der Waals surface area (Å²) in [6, 6.07) is 11.5. The smallest absolute Gasteiger partial charge is 0.262 e. The summed E-state index contributed by atoms with van der Waals surface area (Å²) in [5, 5.41) is 2.69. The second-order valence-electron chi connectivity index (χ2n) is 6.40. The number of rotatable bonds is 12. The molecule has 0 fully saturated rings. The van der Waals surface area contributed by atoms with E-state index in [0.29, 0.717) is 43.6 Å². The number of anilines is 1. The third kappa shape index (κ3) is 6.35. The van der Waals surface area contributed by atoms with E-state index < -0.39 is 15.9 Å². The van der Waals surface area contributed by atoms with Gasteiger partial charge in [0, 0.05) is 13.1 Å². The lowest BCUT2D eigenvalue weighted by Gasteiger charge is -2.20. The fourth-order valence-electron chi connectivity index (χ4n) is 2.93. The normalized spacial score (nSPS) is 11.3. The molecule has 0 radical (unpaired) electrons. The highest BCUT2D eigenvalue weighted by Crippen LogP contribution is 2.30. The van der Waals surface area contributed by atoms with Crippen molar-refractivity contribution in [2.75, 3.05) is 38.2 Å². The van der Waals surface area contributed by atoms with Gasteiger partial charge in [0.15, 0.2) is 18.1 Å². The van der Waals surface area contributed by atoms with Gasteiger partial charge >= 0.3 is 0 Å². The van der Waals surface area contributed by atoms with Gasteiger partial charge in [-0.15, -0.1) is 0 Å². The van der Waals surface area contributed by atoms with Gasteiger partial charge < -0.3 is 19.5 Å². The van der Waals surface area contributed by atoms with Gasteiger partial charge in [-0.3, -0.25) is 4.79 Å². The Morgan fingerprint density at radius 2 is 1.45 bits per heavy atom. The van der Waals surface area contributed by atoms with Crippen LogP contribution in [-0.4, -0.2) is 51.5 Å². The maximum absolute atomic E-state index is 12.8. The van der Waals surface area contributed by atoms with Gasteiger partial charge in [0.2, 0.25) is 10.0 Å². The molecule has 0 unspecified atom stereocenters. The summed E-state index contributed by atoms with van der Waals surface area (Å²) in [7, 11) is -3.68. The van der Waals surface area contributed by atoms with Crippen LogP contribution >= 0.6 is 0 Å². The van der Waals surface area contributed by atoms with Crippen molar-refractivity contribution in [2.45, 2.75) is 32.6 Å². The fourth-order valence-corrected chi connectivity index (χ4v) is 4.42. The summed E-state index contributed by atoms with van der Waals surface area (Å²) >= 11 is 0. The first kappa shape index (κ1) is 24.5. The molecule has 2 rings (SSSR count). The molecule has 0 atom stereocenters. The van der Waals surface area contributed by atoms with E-state index in [1.54, 1.807) is 45.0 Å². The molecule has 2 aromatic rings. The van der Waals surface area contributed by atoms with Crippen molar-refractivity contribution in [3.05, 3.63) is 42.5 Å². The summed E-state index contributed by atoms with van der Waals surface area (Å²) in [6.07, 6.45) is 0. The summed E-state index contributed by atoms with van der Waals surface area (Å²) in [5.74, 6) is 0.913. The lowest BCUT2D eigenvalue weighted by Crippen LogP contribution is -2.30. The molecule has 0 bridgehead atoms. The van der Waals surface area contributed by atoms with E-state index in [1.807, 2.05) is 13.0 Å². The second kappa shape index (κ2) is 11.6. The molecule has 31 heavy (non-hydrogen) atoms. The molecule has 0 aliphatic carbocycles. The Balaban J connectivity index is 2.21. The molecule has 1 N–H and O–H groups in total. The molecule has 1 amide bonds. The largest absolute Gasteiger partial charge is 0.492 e. The average Bonchev–Trinajstić information content (AvgIpc) is 2.75. The Labute approximate surface area is 184 Å². The Kier molecular flexibility index (Phi) is 9.14. The third-order valence-corrected chi connectivity index (χ3v) is 6.42. The summed E-state index contributed by atoms with van der Waals surface area (Å²) in [5.41, 5.74) is 0.266. The van der Waals surface area contributed by atoms with Gasteiger partial charge in [-0.1, -0.05) is 26.0 Å². The van der Waals surface area contributed by atoms with Crippen molar-refractivity contribution in [1.82, 2.24) is 4.31 Å². The van der Waals surface area contributed by atoms with Crippen molar-refractivity contribution >= 4 is 21.6 Å². The molecular weight excluding hydrogens is 420 g/mol. The van der Waals surface area contributed by atoms with Gasteiger partial charge in [-0.05, 0) is 44.2 Å². The Hall–Kier alpha value is -2.78. The molecule has 0 saturated heterocycles. The van der Waals surface area contributed by atoms with Crippen LogP contribution in [0.15, 0.2) is 47.4 Å². The zero-order valence-electron chi connectivity index (χ0n) is 18.4. The monoisotopic (exact) mass is 450 g/mol. The molecule has 0 heterocycles. The Bertz CT molecular complexity index is 974. The van der Waals surface area contributed by atoms with E-state index in [2.05, 4.69) is 5.32 Å². The molecule has 0 saturated carbocycles. The minimum atomic E-state index is -3.68. The number of benzene rings is 2. The average molecular weight is 451 g/mol. The van der Waals surface area contributed by atoms with Crippen LogP contribution in [0.1, 0.15) is 27.7 Å². The Morgan fingerprint density at radius 3 is 2.03 bits per heavy atom. The number of nitrogens with zero attached hydrogens (tertiary/aromatic N) is 1. The molecule has 2 aromatic carbocycles. The van der Waals surface area contributed by atoms with Gasteiger partial charge in [-0.25, -0.2) is 8.42 Å². The van der Waals surface area contributed by atoms with Crippen LogP contribution in [0.5, 0.6) is 17.2 Å². The number of sulfonamides is 1. The highest BCUT2D eigenvalue weighted by molar-refractivity contribution is 7.89. The number of hydrogen-bond acceptors (Lipinski definition) is 6. The standard InChI is InChI=1S/C22H30N2O6S/c1-5-24(6-2)31(26,27)17-13-14-19(28-7-3)18(15-17)23-22(25)16-30-21-12-10-9-11-20(21)29-8-4/h9-15H,5-8,16H2,1-4H3,(H,23,25). The fraction of sp³-hybridized carbons (Fsp3) is 0.409. The number of ether oxygens (including phenoxy) is 3. The van der Waals surface area contributed by atoms with Gasteiger partial charge in [0.1, 0.15) is 5.75 Å². The lowest BCUT2D eigenvalue weighted by atomic mass is 10.3. The molecule has 0 spiro atoms. The number of carbonyl (C=O) groups is 1. The SMILES string of the molecule is CCOc1ccc(S(=O)(=O)N(CC)CC)cc1NC(=O)COc1ccccc1OCC. The van der Waals surface area contributed by atoms with E-state index in [4.69, 9.17) is 14.2 Å². The van der Waals surface area contributed by atoms with Crippen LogP contribution in [0.25, 0.3) is 0 Å². The maximum Gasteiger partial charge on any atom is 0.262 e. The Morgan fingerprint density at radius 1 is 0.871 bits per heavy atom. The second-order valence-corrected chi connectivity index (χ2v) is 8.33. The number of para-hydroxylation sites is 2. The van der Waals surface area contributed by atoms with Crippen LogP contribution in [-0.2, 0) is 14.8 Å². The minimum Gasteiger partial charge on any atom is -0.492 e. The third-order valence-electron chi connectivity index (χ3n) is 4.38. The van der Waals surface area contributed by atoms with Crippen molar-refractivity contribution in [2.24, 2.45) is 0 Å². The van der Waals surface area contributed by atoms with Crippen molar-refractivity contribution in [3.63, 3.8) is 0 Å². The summed E-state index contributed by atoms with van der Waals surface area (Å²) in [4.78, 5) is 12.6. The van der Waals surface area contributed by atoms with Crippen molar-refractivity contribution in [3.8, 4) is 17.2 Å². The zero-order valence-corrected chi connectivity index (χ0v) is 19.2. The summed E-state index contributed by atoms with van der Waals surface area (Å²) < 4.78 is 43.7. The molecule has 170 valence electrons. The first-order valence-electron chi connectivity index (χ1n) is 10.3. The predicted molar refractivity (Wildman–Crippen MR) is 119 cm³/mol. The van der Waals surface area contributed by atoms with Crippen LogP contribution in [0.4, 0.5) is 5.69 Å². The minimum absolute atomic E-state index is 0.0811. The van der Waals surface area contributed by atoms with E-state index in [1.165, 1.54) is 16.4 Å². The highest BCUT2D eigenvalue weighted by atomic mass is 32.2. The first-order chi connectivity index (χ1) is 14.9. The van der Waals surface area contributed by atoms with Crippen LogP contribution < -0.4 is 19.5 Å².